The highest BCUT2D eigenvalue weighted by molar-refractivity contribution is 7.99. The Morgan fingerprint density at radius 2 is 1.08 bits per heavy atom. The van der Waals surface area contributed by atoms with E-state index in [2.05, 4.69) is 205 Å². The molecule has 0 N–H and O–H groups in total. The van der Waals surface area contributed by atoms with Crippen LogP contribution in [-0.2, 0) is 5.41 Å². The number of fused-ring (bicyclic) bond motifs is 12. The lowest BCUT2D eigenvalue weighted by molar-refractivity contribution is 0.660. The summed E-state index contributed by atoms with van der Waals surface area (Å²) in [5, 5.41) is 8.45. The van der Waals surface area contributed by atoms with E-state index >= 15 is 0 Å². The van der Waals surface area contributed by atoms with Crippen LogP contribution >= 0.6 is 11.8 Å². The second-order valence-corrected chi connectivity index (χ2v) is 18.5. The van der Waals surface area contributed by atoms with Crippen molar-refractivity contribution in [2.45, 2.75) is 29.1 Å². The predicted molar refractivity (Wildman–Crippen MR) is 258 cm³/mol. The Labute approximate surface area is 361 Å². The van der Waals surface area contributed by atoms with Gasteiger partial charge in [0.05, 0.1) is 33.3 Å². The first kappa shape index (κ1) is 34.3. The zero-order chi connectivity index (χ0) is 40.8. The molecule has 0 amide bonds. The fourth-order valence-corrected chi connectivity index (χ4v) is 11.9. The largest absolute Gasteiger partial charge is 0.309 e. The highest BCUT2D eigenvalue weighted by atomic mass is 32.2. The minimum Gasteiger partial charge on any atom is -0.309 e. The topological polar surface area (TPSA) is 35.6 Å². The second kappa shape index (κ2) is 12.3. The van der Waals surface area contributed by atoms with E-state index in [9.17, 15) is 0 Å². The van der Waals surface area contributed by atoms with Crippen LogP contribution in [-0.4, -0.2) is 19.1 Å². The summed E-state index contributed by atoms with van der Waals surface area (Å²) in [6.07, 6.45) is 0. The number of nitrogens with zero attached hydrogens (tertiary/aromatic N) is 4. The first-order valence-corrected chi connectivity index (χ1v) is 22.1. The first-order chi connectivity index (χ1) is 30.5. The summed E-state index contributed by atoms with van der Waals surface area (Å²) in [4.78, 5) is 13.1. The van der Waals surface area contributed by atoms with Gasteiger partial charge in [-0.1, -0.05) is 135 Å². The molecule has 62 heavy (non-hydrogen) atoms. The molecule has 0 fully saturated rings. The molecule has 290 valence electrons. The molecule has 0 atom stereocenters. The van der Waals surface area contributed by atoms with Crippen molar-refractivity contribution >= 4 is 77.0 Å². The lowest BCUT2D eigenvalue weighted by Gasteiger charge is -2.21. The third-order valence-electron chi connectivity index (χ3n) is 13.7. The molecule has 4 heterocycles. The SMILES string of the molecule is CC1(C)c2ccccc2-c2cc(-n3c4ccc(-c5ccc6c(c5)c5ccccc5n6-c5nc6c7c(cccc7n5)Sc5ccccc5-6)cc4c4cc5ccccc5cc43)ccc21. The van der Waals surface area contributed by atoms with Crippen molar-refractivity contribution in [1.82, 2.24) is 19.1 Å². The number of para-hydroxylation sites is 1. The molecule has 9 aromatic carbocycles. The van der Waals surface area contributed by atoms with Gasteiger partial charge in [-0.2, -0.15) is 0 Å². The van der Waals surface area contributed by atoms with Gasteiger partial charge in [0.2, 0.25) is 5.95 Å². The minimum absolute atomic E-state index is 0.0439. The molecule has 14 rings (SSSR count). The molecule has 0 saturated carbocycles. The Hall–Kier alpha value is -7.47. The van der Waals surface area contributed by atoms with Crippen molar-refractivity contribution in [2.24, 2.45) is 0 Å². The molecule has 0 bridgehead atoms. The maximum absolute atomic E-state index is 5.38. The van der Waals surface area contributed by atoms with Crippen molar-refractivity contribution in [2.75, 3.05) is 0 Å². The molecule has 12 aromatic rings. The number of hydrogen-bond donors (Lipinski definition) is 0. The molecule has 2 aliphatic rings. The van der Waals surface area contributed by atoms with E-state index in [4.69, 9.17) is 9.97 Å². The van der Waals surface area contributed by atoms with E-state index in [1.54, 1.807) is 11.8 Å². The highest BCUT2D eigenvalue weighted by Crippen LogP contribution is 2.50. The number of rotatable bonds is 3. The summed E-state index contributed by atoms with van der Waals surface area (Å²) in [7, 11) is 0. The quantitative estimate of drug-likeness (QED) is 0.178. The molecule has 5 heteroatoms. The average molecular weight is 809 g/mol. The summed E-state index contributed by atoms with van der Waals surface area (Å²) < 4.78 is 4.72. The van der Waals surface area contributed by atoms with Gasteiger partial charge in [0.1, 0.15) is 0 Å². The summed E-state index contributed by atoms with van der Waals surface area (Å²) in [5.74, 6) is 0.686. The molecular weight excluding hydrogens is 773 g/mol. The third-order valence-corrected chi connectivity index (χ3v) is 14.8. The monoisotopic (exact) mass is 808 g/mol. The Morgan fingerprint density at radius 3 is 1.94 bits per heavy atom. The summed E-state index contributed by atoms with van der Waals surface area (Å²) in [6, 6.07) is 67.1. The highest BCUT2D eigenvalue weighted by Gasteiger charge is 2.35. The van der Waals surface area contributed by atoms with Gasteiger partial charge in [-0.3, -0.25) is 4.57 Å². The van der Waals surface area contributed by atoms with Crippen LogP contribution in [0.2, 0.25) is 0 Å². The Morgan fingerprint density at radius 1 is 0.435 bits per heavy atom. The van der Waals surface area contributed by atoms with Crippen molar-refractivity contribution in [1.29, 1.82) is 0 Å². The average Bonchev–Trinajstić information content (AvgIpc) is 3.90. The fourth-order valence-electron chi connectivity index (χ4n) is 10.8. The van der Waals surface area contributed by atoms with Gasteiger partial charge in [-0.05, 0) is 117 Å². The van der Waals surface area contributed by atoms with Gasteiger partial charge in [0, 0.05) is 53.4 Å². The molecule has 1 aliphatic heterocycles. The maximum atomic E-state index is 5.38. The van der Waals surface area contributed by atoms with E-state index in [1.165, 1.54) is 92.2 Å². The normalized spacial score (nSPS) is 13.7. The number of aromatic nitrogens is 4. The maximum Gasteiger partial charge on any atom is 0.235 e. The molecule has 0 saturated heterocycles. The van der Waals surface area contributed by atoms with Crippen LogP contribution in [0.1, 0.15) is 25.0 Å². The van der Waals surface area contributed by atoms with E-state index < -0.39 is 0 Å². The Balaban J connectivity index is 0.964. The number of benzene rings is 9. The Bertz CT molecular complexity index is 3940. The van der Waals surface area contributed by atoms with Crippen molar-refractivity contribution in [3.8, 4) is 45.1 Å². The zero-order valence-corrected chi connectivity index (χ0v) is 34.8. The molecule has 0 spiro atoms. The predicted octanol–water partition coefficient (Wildman–Crippen LogP) is 15.1. The molecular formula is C57H36N4S. The summed E-state index contributed by atoms with van der Waals surface area (Å²) in [5.41, 5.74) is 16.6. The van der Waals surface area contributed by atoms with Crippen LogP contribution in [0.5, 0.6) is 0 Å². The zero-order valence-electron chi connectivity index (χ0n) is 34.0. The van der Waals surface area contributed by atoms with Crippen LogP contribution in [0.3, 0.4) is 0 Å². The number of hydrogen-bond acceptors (Lipinski definition) is 3. The van der Waals surface area contributed by atoms with E-state index in [0.29, 0.717) is 5.95 Å². The van der Waals surface area contributed by atoms with Crippen molar-refractivity contribution < 1.29 is 0 Å². The summed E-state index contributed by atoms with van der Waals surface area (Å²) in [6.45, 7) is 4.70. The molecule has 1 aliphatic carbocycles. The smallest absolute Gasteiger partial charge is 0.235 e. The second-order valence-electron chi connectivity index (χ2n) is 17.4. The third kappa shape index (κ3) is 4.63. The van der Waals surface area contributed by atoms with Crippen LogP contribution in [0.15, 0.2) is 192 Å². The van der Waals surface area contributed by atoms with Gasteiger partial charge in [-0.25, -0.2) is 9.97 Å². The van der Waals surface area contributed by atoms with Crippen molar-refractivity contribution in [3.05, 3.63) is 193 Å². The van der Waals surface area contributed by atoms with E-state index in [0.717, 1.165) is 33.2 Å². The first-order valence-electron chi connectivity index (χ1n) is 21.3. The van der Waals surface area contributed by atoms with Gasteiger partial charge < -0.3 is 4.57 Å². The van der Waals surface area contributed by atoms with Crippen molar-refractivity contribution in [3.63, 3.8) is 0 Å². The lowest BCUT2D eigenvalue weighted by Crippen LogP contribution is -2.14. The van der Waals surface area contributed by atoms with Crippen LogP contribution < -0.4 is 0 Å². The fraction of sp³-hybridized carbons (Fsp3) is 0.0526. The lowest BCUT2D eigenvalue weighted by atomic mass is 9.82. The molecule has 3 aromatic heterocycles. The van der Waals surface area contributed by atoms with E-state index in [-0.39, 0.29) is 5.41 Å². The van der Waals surface area contributed by atoms with Gasteiger partial charge in [0.25, 0.3) is 0 Å². The van der Waals surface area contributed by atoms with Gasteiger partial charge in [-0.15, -0.1) is 0 Å². The molecule has 4 nitrogen and oxygen atoms in total. The van der Waals surface area contributed by atoms with Crippen LogP contribution in [0.4, 0.5) is 0 Å². The minimum atomic E-state index is -0.0439. The van der Waals surface area contributed by atoms with E-state index in [1.807, 2.05) is 0 Å². The van der Waals surface area contributed by atoms with Gasteiger partial charge in [0.15, 0.2) is 0 Å². The molecule has 0 unspecified atom stereocenters. The van der Waals surface area contributed by atoms with Crippen LogP contribution in [0.25, 0.3) is 110 Å². The van der Waals surface area contributed by atoms with Gasteiger partial charge >= 0.3 is 0 Å². The summed E-state index contributed by atoms with van der Waals surface area (Å²) >= 11 is 1.80. The molecule has 0 radical (unpaired) electrons. The standard InChI is InChI=1S/C57H36N4S/c1-57(2)45-17-8-5-14-38(45)41-32-37(24-25-46(41)57)60-49-26-22-36(30-43(49)44-28-33-12-3-4-13-34(33)31-51(44)60)35-23-27-50-42(29-35)39-15-6-9-19-48(39)61(50)56-58-47-18-11-21-53-54(47)55(59-56)40-16-7-10-20-52(40)62-53/h3-32H,1-2H3. The van der Waals surface area contributed by atoms with Crippen LogP contribution in [0, 0.1) is 0 Å². The Kier molecular flexibility index (Phi) is 6.80.